The summed E-state index contributed by atoms with van der Waals surface area (Å²) in [4.78, 5) is 12.8. The highest BCUT2D eigenvalue weighted by Crippen LogP contribution is 2.36. The topological polar surface area (TPSA) is 17.1 Å². The van der Waals surface area contributed by atoms with Crippen LogP contribution < -0.4 is 0 Å². The SMILES string of the molecule is CC(C(=O)c1cc(Cl)c(Br)s1)C(C)(C)C. The van der Waals surface area contributed by atoms with Crippen LogP contribution in [0.1, 0.15) is 37.4 Å². The number of halogens is 2. The second-order valence-corrected chi connectivity index (χ2v) is 7.46. The van der Waals surface area contributed by atoms with Crippen molar-refractivity contribution >= 4 is 44.7 Å². The van der Waals surface area contributed by atoms with E-state index in [0.29, 0.717) is 5.02 Å². The minimum atomic E-state index is -0.0139. The Hall–Kier alpha value is 0.140. The zero-order valence-electron chi connectivity index (χ0n) is 9.23. The maximum atomic E-state index is 12.1. The van der Waals surface area contributed by atoms with Gasteiger partial charge in [-0.3, -0.25) is 4.79 Å². The van der Waals surface area contributed by atoms with E-state index in [9.17, 15) is 4.79 Å². The summed E-state index contributed by atoms with van der Waals surface area (Å²) in [5, 5.41) is 0.615. The molecule has 1 aromatic rings. The van der Waals surface area contributed by atoms with Crippen molar-refractivity contribution < 1.29 is 4.79 Å². The summed E-state index contributed by atoms with van der Waals surface area (Å²) in [6, 6.07) is 1.74. The summed E-state index contributed by atoms with van der Waals surface area (Å²) < 4.78 is 0.827. The second-order valence-electron chi connectivity index (χ2n) is 4.68. The maximum absolute atomic E-state index is 12.1. The highest BCUT2D eigenvalue weighted by Gasteiger charge is 2.28. The van der Waals surface area contributed by atoms with Gasteiger partial charge >= 0.3 is 0 Å². The number of thiophene rings is 1. The molecule has 4 heteroatoms. The van der Waals surface area contributed by atoms with E-state index in [1.807, 2.05) is 6.92 Å². The van der Waals surface area contributed by atoms with Crippen LogP contribution in [0.5, 0.6) is 0 Å². The molecule has 0 spiro atoms. The molecule has 1 aromatic heterocycles. The number of ketones is 1. The summed E-state index contributed by atoms with van der Waals surface area (Å²) in [6.07, 6.45) is 0. The molecule has 1 nitrogen and oxygen atoms in total. The van der Waals surface area contributed by atoms with E-state index in [1.165, 1.54) is 11.3 Å². The third-order valence-electron chi connectivity index (χ3n) is 2.58. The average Bonchev–Trinajstić information content (AvgIpc) is 2.43. The normalized spacial score (nSPS) is 14.0. The third-order valence-corrected chi connectivity index (χ3v) is 5.07. The van der Waals surface area contributed by atoms with Crippen LogP contribution in [0.4, 0.5) is 0 Å². The molecule has 1 heterocycles. The molecule has 1 rings (SSSR count). The van der Waals surface area contributed by atoms with E-state index < -0.39 is 0 Å². The van der Waals surface area contributed by atoms with Gasteiger partial charge in [-0.05, 0) is 27.4 Å². The lowest BCUT2D eigenvalue weighted by atomic mass is 9.79. The number of Topliss-reactive ketones (excluding diaryl/α,β-unsaturated/α-hetero) is 1. The molecule has 84 valence electrons. The molecule has 0 aliphatic heterocycles. The van der Waals surface area contributed by atoms with Crippen molar-refractivity contribution in [3.05, 3.63) is 19.8 Å². The summed E-state index contributed by atoms with van der Waals surface area (Å²) in [7, 11) is 0. The molecule has 15 heavy (non-hydrogen) atoms. The van der Waals surface area contributed by atoms with E-state index in [-0.39, 0.29) is 17.1 Å². The van der Waals surface area contributed by atoms with Crippen LogP contribution >= 0.6 is 38.9 Å². The smallest absolute Gasteiger partial charge is 0.176 e. The molecule has 0 N–H and O–H groups in total. The van der Waals surface area contributed by atoms with E-state index in [4.69, 9.17) is 11.6 Å². The van der Waals surface area contributed by atoms with Gasteiger partial charge in [0.2, 0.25) is 0 Å². The van der Waals surface area contributed by atoms with Gasteiger partial charge in [0, 0.05) is 5.92 Å². The van der Waals surface area contributed by atoms with Gasteiger partial charge in [-0.2, -0.15) is 0 Å². The minimum Gasteiger partial charge on any atom is -0.293 e. The monoisotopic (exact) mass is 308 g/mol. The van der Waals surface area contributed by atoms with Gasteiger partial charge in [0.05, 0.1) is 13.7 Å². The Morgan fingerprint density at radius 2 is 2.07 bits per heavy atom. The lowest BCUT2D eigenvalue weighted by Crippen LogP contribution is -2.25. The number of rotatable bonds is 2. The molecule has 0 fully saturated rings. The fourth-order valence-electron chi connectivity index (χ4n) is 1.07. The predicted octanol–water partition coefficient (Wildman–Crippen LogP) is 5.03. The first kappa shape index (κ1) is 13.2. The molecular weight excluding hydrogens is 296 g/mol. The van der Waals surface area contributed by atoms with Crippen molar-refractivity contribution in [1.29, 1.82) is 0 Å². The summed E-state index contributed by atoms with van der Waals surface area (Å²) in [5.41, 5.74) is -0.0139. The van der Waals surface area contributed by atoms with Crippen LogP contribution in [0.15, 0.2) is 9.85 Å². The molecule has 0 aliphatic carbocycles. The molecule has 0 saturated carbocycles. The Morgan fingerprint density at radius 1 is 1.53 bits per heavy atom. The van der Waals surface area contributed by atoms with Crippen molar-refractivity contribution in [2.45, 2.75) is 27.7 Å². The number of hydrogen-bond acceptors (Lipinski definition) is 2. The Bertz CT molecular complexity index is 359. The summed E-state index contributed by atoms with van der Waals surface area (Å²) in [5.74, 6) is 0.166. The molecule has 0 aromatic carbocycles. The van der Waals surface area contributed by atoms with Crippen LogP contribution in [0.25, 0.3) is 0 Å². The molecule has 0 aliphatic rings. The molecule has 0 radical (unpaired) electrons. The van der Waals surface area contributed by atoms with Crippen molar-refractivity contribution in [2.24, 2.45) is 11.3 Å². The molecule has 1 unspecified atom stereocenters. The standard InChI is InChI=1S/C11H14BrClOS/c1-6(11(2,3)4)9(14)8-5-7(13)10(12)15-8/h5-6H,1-4H3. The van der Waals surface area contributed by atoms with Gasteiger partial charge in [0.1, 0.15) is 0 Å². The highest BCUT2D eigenvalue weighted by atomic mass is 79.9. The van der Waals surface area contributed by atoms with Crippen LogP contribution in [0.2, 0.25) is 5.02 Å². The first-order chi connectivity index (χ1) is 6.73. The maximum Gasteiger partial charge on any atom is 0.176 e. The molecule has 1 atom stereocenters. The van der Waals surface area contributed by atoms with E-state index in [1.54, 1.807) is 6.07 Å². The van der Waals surface area contributed by atoms with Crippen LogP contribution in [-0.4, -0.2) is 5.78 Å². The van der Waals surface area contributed by atoms with Crippen molar-refractivity contribution in [3.63, 3.8) is 0 Å². The summed E-state index contributed by atoms with van der Waals surface area (Å²) in [6.45, 7) is 8.17. The largest absolute Gasteiger partial charge is 0.293 e. The predicted molar refractivity (Wildman–Crippen MR) is 70.0 cm³/mol. The minimum absolute atomic E-state index is 0.000818. The van der Waals surface area contributed by atoms with Crippen molar-refractivity contribution in [3.8, 4) is 0 Å². The van der Waals surface area contributed by atoms with Crippen LogP contribution in [-0.2, 0) is 0 Å². The first-order valence-electron chi connectivity index (χ1n) is 4.72. The zero-order valence-corrected chi connectivity index (χ0v) is 12.4. The van der Waals surface area contributed by atoms with Crippen LogP contribution in [0.3, 0.4) is 0 Å². The highest BCUT2D eigenvalue weighted by molar-refractivity contribution is 9.11. The van der Waals surface area contributed by atoms with Gasteiger partial charge < -0.3 is 0 Å². The zero-order chi connectivity index (χ0) is 11.8. The van der Waals surface area contributed by atoms with Gasteiger partial charge in [0.25, 0.3) is 0 Å². The van der Waals surface area contributed by atoms with Crippen molar-refractivity contribution in [1.82, 2.24) is 0 Å². The quantitative estimate of drug-likeness (QED) is 0.700. The second kappa shape index (κ2) is 4.56. The lowest BCUT2D eigenvalue weighted by molar-refractivity contribution is 0.0844. The number of carbonyl (C=O) groups excluding carboxylic acids is 1. The van der Waals surface area contributed by atoms with Gasteiger partial charge in [-0.15, -0.1) is 11.3 Å². The Balaban J connectivity index is 2.95. The molecular formula is C11H14BrClOS. The van der Waals surface area contributed by atoms with Gasteiger partial charge in [-0.1, -0.05) is 39.3 Å². The molecule has 0 saturated heterocycles. The van der Waals surface area contributed by atoms with Crippen LogP contribution in [0, 0.1) is 11.3 Å². The Labute approximate surface area is 108 Å². The van der Waals surface area contributed by atoms with E-state index in [0.717, 1.165) is 8.66 Å². The van der Waals surface area contributed by atoms with Gasteiger partial charge in [0.15, 0.2) is 5.78 Å². The summed E-state index contributed by atoms with van der Waals surface area (Å²) >= 11 is 10.6. The van der Waals surface area contributed by atoms with Gasteiger partial charge in [-0.25, -0.2) is 0 Å². The molecule has 0 bridgehead atoms. The van der Waals surface area contributed by atoms with E-state index in [2.05, 4.69) is 36.7 Å². The Morgan fingerprint density at radius 3 is 2.40 bits per heavy atom. The van der Waals surface area contributed by atoms with Crippen molar-refractivity contribution in [2.75, 3.05) is 0 Å². The van der Waals surface area contributed by atoms with E-state index >= 15 is 0 Å². The first-order valence-corrected chi connectivity index (χ1v) is 6.71. The molecule has 0 amide bonds. The fourth-order valence-corrected chi connectivity index (χ4v) is 2.81. The average molecular weight is 310 g/mol. The number of carbonyl (C=O) groups is 1. The number of hydrogen-bond donors (Lipinski definition) is 0. The Kier molecular flexibility index (Phi) is 4.01. The third kappa shape index (κ3) is 3.05. The lowest BCUT2D eigenvalue weighted by Gasteiger charge is -2.25. The fraction of sp³-hybridized carbons (Fsp3) is 0.545.